The van der Waals surface area contributed by atoms with E-state index in [4.69, 9.17) is 0 Å². The third-order valence-corrected chi connectivity index (χ3v) is 14.3. The maximum Gasteiger partial charge on any atom is 0.0994 e. The van der Waals surface area contributed by atoms with Gasteiger partial charge in [0.2, 0.25) is 0 Å². The van der Waals surface area contributed by atoms with Gasteiger partial charge in [0.05, 0.1) is 69.8 Å². The fraction of sp³-hybridized carbons (Fsp3) is 0.300. The molecule has 0 aliphatic heterocycles. The van der Waals surface area contributed by atoms with Gasteiger partial charge in [-0.2, -0.15) is 31.6 Å². The fourth-order valence-electron chi connectivity index (χ4n) is 10.9. The van der Waals surface area contributed by atoms with E-state index in [2.05, 4.69) is 114 Å². The Bertz CT molecular complexity index is 2540. The lowest BCUT2D eigenvalue weighted by Crippen LogP contribution is -2.12. The van der Waals surface area contributed by atoms with Crippen LogP contribution < -0.4 is 0 Å². The first-order valence-corrected chi connectivity index (χ1v) is 23.4. The molecule has 0 radical (unpaired) electrons. The topological polar surface area (TPSA) is 143 Å². The standard InChI is InChI=1S/C60H54N6/c1-7-49-37-13-19-44(32-62)56(25-37)51(9-3)39-15-21-46(34-64)58(27-39)53(11-5)41-17-23-48(36-66)60(29-41)54(12-6)42-18-24-47(35-65)59(30-42)52(10-4)40-16-22-45(33-63)57(28-40)50(8-2)38-14-20-43(31-61)55(49)26-38/h13-30,49-54H,7-12H2,1-6H3/t49-,50+,51+,52-,53-,54+. The van der Waals surface area contributed by atoms with Gasteiger partial charge in [0, 0.05) is 35.5 Å². The Morgan fingerprint density at radius 2 is 0.394 bits per heavy atom. The molecule has 66 heavy (non-hydrogen) atoms. The van der Waals surface area contributed by atoms with E-state index in [1.165, 1.54) is 0 Å². The summed E-state index contributed by atoms with van der Waals surface area (Å²) in [5, 5.41) is 63.5. The largest absolute Gasteiger partial charge is 0.192 e. The fourth-order valence-corrected chi connectivity index (χ4v) is 10.9. The van der Waals surface area contributed by atoms with Crippen molar-refractivity contribution in [3.05, 3.63) is 209 Å². The summed E-state index contributed by atoms with van der Waals surface area (Å²) in [6, 6.07) is 51.4. The summed E-state index contributed by atoms with van der Waals surface area (Å²) < 4.78 is 0. The minimum absolute atomic E-state index is 0.159. The molecule has 0 heterocycles. The molecule has 6 aromatic carbocycles. The molecule has 0 saturated heterocycles. The molecule has 1 aliphatic carbocycles. The Morgan fingerprint density at radius 3 is 0.500 bits per heavy atom. The van der Waals surface area contributed by atoms with Gasteiger partial charge < -0.3 is 0 Å². The molecule has 6 atom stereocenters. The van der Waals surface area contributed by atoms with Crippen molar-refractivity contribution in [3.8, 4) is 36.4 Å². The van der Waals surface area contributed by atoms with E-state index < -0.39 is 0 Å². The molecule has 12 bridgehead atoms. The van der Waals surface area contributed by atoms with Crippen LogP contribution in [0.3, 0.4) is 0 Å². The summed E-state index contributed by atoms with van der Waals surface area (Å²) in [5.74, 6) is -0.955. The number of nitrogens with zero attached hydrogens (tertiary/aromatic N) is 6. The molecule has 6 aromatic rings. The zero-order chi connectivity index (χ0) is 47.1. The summed E-state index contributed by atoms with van der Waals surface area (Å²) in [6.45, 7) is 12.8. The van der Waals surface area contributed by atoms with Gasteiger partial charge in [-0.25, -0.2) is 0 Å². The average molecular weight is 859 g/mol. The molecular weight excluding hydrogens is 805 g/mol. The SMILES string of the molecule is CC[C@@H]1c2ccc(C#N)c(c2)[C@@H](CC)c2ccc(C#N)c(c2)[C@H](CC)c2ccc(C#N)c(c2)[C@@H](CC)c2ccc(C#N)c(c2)[C@H](CC)c2ccc(C#N)c(c2)[C@@H](CC)c2ccc(C#N)c1c2. The molecule has 0 saturated carbocycles. The normalized spacial score (nSPS) is 18.7. The van der Waals surface area contributed by atoms with Crippen LogP contribution in [-0.2, 0) is 0 Å². The second-order valence-electron chi connectivity index (χ2n) is 17.5. The van der Waals surface area contributed by atoms with E-state index in [9.17, 15) is 31.6 Å². The van der Waals surface area contributed by atoms with E-state index in [1.54, 1.807) is 0 Å². The molecule has 0 fully saturated rings. The van der Waals surface area contributed by atoms with Crippen LogP contribution in [0.5, 0.6) is 0 Å². The Labute approximate surface area is 391 Å². The molecule has 0 unspecified atom stereocenters. The zero-order valence-corrected chi connectivity index (χ0v) is 38.8. The van der Waals surface area contributed by atoms with Gasteiger partial charge in [0.25, 0.3) is 0 Å². The summed E-state index contributed by atoms with van der Waals surface area (Å²) in [4.78, 5) is 0. The van der Waals surface area contributed by atoms with Crippen molar-refractivity contribution in [1.29, 1.82) is 31.6 Å². The van der Waals surface area contributed by atoms with Crippen molar-refractivity contribution in [1.82, 2.24) is 0 Å². The predicted molar refractivity (Wildman–Crippen MR) is 260 cm³/mol. The maximum absolute atomic E-state index is 10.6. The second kappa shape index (κ2) is 20.4. The minimum Gasteiger partial charge on any atom is -0.192 e. The predicted octanol–water partition coefficient (Wildman–Crippen LogP) is 14.5. The molecule has 6 heteroatoms. The average Bonchev–Trinajstić information content (AvgIpc) is 3.35. The van der Waals surface area contributed by atoms with Gasteiger partial charge in [0.15, 0.2) is 0 Å². The molecule has 1 aliphatic rings. The van der Waals surface area contributed by atoms with Crippen molar-refractivity contribution in [2.45, 2.75) is 116 Å². The van der Waals surface area contributed by atoms with Crippen LogP contribution in [0.1, 0.15) is 216 Å². The van der Waals surface area contributed by atoms with E-state index in [1.807, 2.05) is 72.8 Å². The van der Waals surface area contributed by atoms with Crippen LogP contribution >= 0.6 is 0 Å². The molecule has 0 spiro atoms. The first-order valence-electron chi connectivity index (χ1n) is 23.4. The molecule has 0 aromatic heterocycles. The van der Waals surface area contributed by atoms with Crippen molar-refractivity contribution in [3.63, 3.8) is 0 Å². The monoisotopic (exact) mass is 858 g/mol. The smallest absolute Gasteiger partial charge is 0.0994 e. The Morgan fingerprint density at radius 1 is 0.258 bits per heavy atom. The number of fused-ring (bicyclic) bond motifs is 12. The van der Waals surface area contributed by atoms with Gasteiger partial charge >= 0.3 is 0 Å². The summed E-state index contributed by atoms with van der Waals surface area (Å²) >= 11 is 0. The molecule has 6 nitrogen and oxygen atoms in total. The van der Waals surface area contributed by atoms with Crippen LogP contribution in [0.2, 0.25) is 0 Å². The Balaban J connectivity index is 1.57. The molecule has 0 N–H and O–H groups in total. The number of benzene rings is 6. The van der Waals surface area contributed by atoms with Crippen LogP contribution in [0.4, 0.5) is 0 Å². The Hall–Kier alpha value is -7.74. The summed E-state index contributed by atoms with van der Waals surface area (Å²) in [5.41, 5.74) is 15.0. The highest BCUT2D eigenvalue weighted by molar-refractivity contribution is 5.58. The first-order chi connectivity index (χ1) is 32.2. The highest BCUT2D eigenvalue weighted by Gasteiger charge is 2.28. The van der Waals surface area contributed by atoms with Crippen molar-refractivity contribution >= 4 is 0 Å². The highest BCUT2D eigenvalue weighted by Crippen LogP contribution is 2.43. The van der Waals surface area contributed by atoms with E-state index in [0.29, 0.717) is 71.9 Å². The Kier molecular flexibility index (Phi) is 14.3. The van der Waals surface area contributed by atoms with Crippen LogP contribution in [0.25, 0.3) is 0 Å². The highest BCUT2D eigenvalue weighted by atomic mass is 14.4. The summed E-state index contributed by atoms with van der Waals surface area (Å²) in [7, 11) is 0. The molecule has 7 rings (SSSR count). The number of nitriles is 6. The number of hydrogen-bond donors (Lipinski definition) is 0. The quantitative estimate of drug-likeness (QED) is 0.163. The first kappa shape index (κ1) is 46.3. The minimum atomic E-state index is -0.159. The second-order valence-corrected chi connectivity index (χ2v) is 17.5. The van der Waals surface area contributed by atoms with Crippen molar-refractivity contribution in [2.24, 2.45) is 0 Å². The molecule has 324 valence electrons. The third-order valence-electron chi connectivity index (χ3n) is 14.3. The summed E-state index contributed by atoms with van der Waals surface area (Å²) in [6.07, 6.45) is 4.24. The van der Waals surface area contributed by atoms with Crippen molar-refractivity contribution < 1.29 is 0 Å². The van der Waals surface area contributed by atoms with Crippen LogP contribution in [0.15, 0.2) is 109 Å². The molecular formula is C60H54N6. The number of rotatable bonds is 6. The van der Waals surface area contributed by atoms with Gasteiger partial charge in [-0.3, -0.25) is 0 Å². The van der Waals surface area contributed by atoms with E-state index in [-0.39, 0.29) is 35.5 Å². The van der Waals surface area contributed by atoms with E-state index in [0.717, 1.165) is 66.8 Å². The lowest BCUT2D eigenvalue weighted by molar-refractivity contribution is 0.729. The van der Waals surface area contributed by atoms with Gasteiger partial charge in [-0.05, 0) is 142 Å². The van der Waals surface area contributed by atoms with Gasteiger partial charge in [0.1, 0.15) is 0 Å². The van der Waals surface area contributed by atoms with Gasteiger partial charge in [-0.1, -0.05) is 114 Å². The third kappa shape index (κ3) is 8.49. The van der Waals surface area contributed by atoms with Gasteiger partial charge in [-0.15, -0.1) is 0 Å². The van der Waals surface area contributed by atoms with Crippen LogP contribution in [0, 0.1) is 68.0 Å². The van der Waals surface area contributed by atoms with E-state index >= 15 is 0 Å². The van der Waals surface area contributed by atoms with Crippen molar-refractivity contribution in [2.75, 3.05) is 0 Å². The van der Waals surface area contributed by atoms with Crippen LogP contribution in [-0.4, -0.2) is 0 Å². The molecule has 0 amide bonds. The lowest BCUT2D eigenvalue weighted by atomic mass is 9.76. The number of hydrogen-bond acceptors (Lipinski definition) is 6. The zero-order valence-electron chi connectivity index (χ0n) is 38.8. The lowest BCUT2D eigenvalue weighted by Gasteiger charge is -2.27. The maximum atomic E-state index is 10.6.